The lowest BCUT2D eigenvalue weighted by Crippen LogP contribution is -2.35. The Hall–Kier alpha value is -1.07. The third kappa shape index (κ3) is 3.40. The van der Waals surface area contributed by atoms with E-state index in [0.29, 0.717) is 17.4 Å². The van der Waals surface area contributed by atoms with E-state index < -0.39 is 10.0 Å². The summed E-state index contributed by atoms with van der Waals surface area (Å²) in [5.74, 6) is 0.534. The van der Waals surface area contributed by atoms with Crippen LogP contribution < -0.4 is 5.32 Å². The molecule has 0 bridgehead atoms. The van der Waals surface area contributed by atoms with E-state index in [1.807, 2.05) is 32.9 Å². The Kier molecular flexibility index (Phi) is 4.94. The van der Waals surface area contributed by atoms with Crippen molar-refractivity contribution in [1.29, 1.82) is 0 Å². The van der Waals surface area contributed by atoms with Gasteiger partial charge in [0.1, 0.15) is 0 Å². The normalized spacial score (nSPS) is 16.0. The monoisotopic (exact) mass is 310 g/mol. The van der Waals surface area contributed by atoms with Gasteiger partial charge < -0.3 is 5.32 Å². The van der Waals surface area contributed by atoms with Gasteiger partial charge in [-0.2, -0.15) is 0 Å². The van der Waals surface area contributed by atoms with Crippen LogP contribution >= 0.6 is 0 Å². The van der Waals surface area contributed by atoms with Crippen molar-refractivity contribution >= 4 is 15.7 Å². The maximum atomic E-state index is 12.8. The zero-order valence-electron chi connectivity index (χ0n) is 13.4. The van der Waals surface area contributed by atoms with Gasteiger partial charge in [0.05, 0.1) is 4.90 Å². The molecule has 1 N–H and O–H groups in total. The molecule has 0 aliphatic heterocycles. The Morgan fingerprint density at radius 2 is 1.81 bits per heavy atom. The van der Waals surface area contributed by atoms with Crippen LogP contribution in [0.1, 0.15) is 37.3 Å². The number of hydrogen-bond donors (Lipinski definition) is 1. The second-order valence-electron chi connectivity index (χ2n) is 6.05. The fourth-order valence-corrected chi connectivity index (χ4v) is 4.61. The standard InChI is InChI=1S/C16H26N2O2S/c1-5-17-15-9-12(2)16(13(3)10-15)21(19,20)18(4)11-14-7-6-8-14/h9-10,14,17H,5-8,11H2,1-4H3. The maximum Gasteiger partial charge on any atom is 0.243 e. The minimum absolute atomic E-state index is 0.464. The van der Waals surface area contributed by atoms with Crippen LogP contribution in [-0.2, 0) is 10.0 Å². The number of aryl methyl sites for hydroxylation is 2. The van der Waals surface area contributed by atoms with Crippen LogP contribution in [0.3, 0.4) is 0 Å². The fourth-order valence-electron chi connectivity index (χ4n) is 2.96. The maximum absolute atomic E-state index is 12.8. The van der Waals surface area contributed by atoms with Crippen molar-refractivity contribution in [2.24, 2.45) is 5.92 Å². The molecule has 1 aliphatic rings. The third-order valence-electron chi connectivity index (χ3n) is 4.25. The van der Waals surface area contributed by atoms with Crippen molar-refractivity contribution < 1.29 is 8.42 Å². The number of benzene rings is 1. The van der Waals surface area contributed by atoms with E-state index in [9.17, 15) is 8.42 Å². The second-order valence-corrected chi connectivity index (χ2v) is 8.03. The first-order valence-electron chi connectivity index (χ1n) is 7.67. The Bertz CT molecular complexity index is 584. The minimum atomic E-state index is -3.40. The summed E-state index contributed by atoms with van der Waals surface area (Å²) in [6.45, 7) is 7.24. The number of nitrogens with one attached hydrogen (secondary N) is 1. The highest BCUT2D eigenvalue weighted by molar-refractivity contribution is 7.89. The summed E-state index contributed by atoms with van der Waals surface area (Å²) in [5.41, 5.74) is 2.60. The predicted octanol–water partition coefficient (Wildman–Crippen LogP) is 3.16. The molecule has 0 unspecified atom stereocenters. The lowest BCUT2D eigenvalue weighted by molar-refractivity contribution is 0.263. The largest absolute Gasteiger partial charge is 0.385 e. The van der Waals surface area contributed by atoms with Gasteiger partial charge in [0.25, 0.3) is 0 Å². The molecule has 1 saturated carbocycles. The third-order valence-corrected chi connectivity index (χ3v) is 6.38. The van der Waals surface area contributed by atoms with E-state index in [0.717, 1.165) is 36.2 Å². The summed E-state index contributed by atoms with van der Waals surface area (Å²) >= 11 is 0. The van der Waals surface area contributed by atoms with Gasteiger partial charge in [-0.1, -0.05) is 6.42 Å². The molecule has 1 fully saturated rings. The molecule has 0 heterocycles. The first-order chi connectivity index (χ1) is 9.86. The fraction of sp³-hybridized carbons (Fsp3) is 0.625. The van der Waals surface area contributed by atoms with Gasteiger partial charge in [0.15, 0.2) is 0 Å². The summed E-state index contributed by atoms with van der Waals surface area (Å²) in [4.78, 5) is 0.464. The Balaban J connectivity index is 2.30. The van der Waals surface area contributed by atoms with Gasteiger partial charge >= 0.3 is 0 Å². The molecule has 0 saturated heterocycles. The second kappa shape index (κ2) is 6.36. The SMILES string of the molecule is CCNc1cc(C)c(S(=O)(=O)N(C)CC2CCC2)c(C)c1. The van der Waals surface area contributed by atoms with E-state index in [-0.39, 0.29) is 0 Å². The van der Waals surface area contributed by atoms with E-state index in [4.69, 9.17) is 0 Å². The van der Waals surface area contributed by atoms with Crippen molar-refractivity contribution in [2.75, 3.05) is 25.5 Å². The molecule has 0 spiro atoms. The van der Waals surface area contributed by atoms with Crippen molar-refractivity contribution in [2.45, 2.75) is 44.9 Å². The highest BCUT2D eigenvalue weighted by atomic mass is 32.2. The van der Waals surface area contributed by atoms with Gasteiger partial charge in [0.2, 0.25) is 10.0 Å². The topological polar surface area (TPSA) is 49.4 Å². The molecule has 118 valence electrons. The molecule has 0 radical (unpaired) electrons. The highest BCUT2D eigenvalue weighted by Gasteiger charge is 2.29. The minimum Gasteiger partial charge on any atom is -0.385 e. The average Bonchev–Trinajstić information content (AvgIpc) is 2.32. The predicted molar refractivity (Wildman–Crippen MR) is 87.2 cm³/mol. The smallest absolute Gasteiger partial charge is 0.243 e. The molecular weight excluding hydrogens is 284 g/mol. The van der Waals surface area contributed by atoms with Crippen molar-refractivity contribution in [1.82, 2.24) is 4.31 Å². The first kappa shape index (κ1) is 16.3. The quantitative estimate of drug-likeness (QED) is 0.878. The molecule has 0 aromatic heterocycles. The van der Waals surface area contributed by atoms with Gasteiger partial charge in [0, 0.05) is 25.8 Å². The van der Waals surface area contributed by atoms with Crippen molar-refractivity contribution in [3.63, 3.8) is 0 Å². The van der Waals surface area contributed by atoms with Crippen LogP contribution in [0, 0.1) is 19.8 Å². The van der Waals surface area contributed by atoms with Crippen molar-refractivity contribution in [3.8, 4) is 0 Å². The number of nitrogens with zero attached hydrogens (tertiary/aromatic N) is 1. The van der Waals surface area contributed by atoms with Gasteiger partial charge in [-0.25, -0.2) is 12.7 Å². The first-order valence-corrected chi connectivity index (χ1v) is 9.11. The molecule has 2 rings (SSSR count). The molecule has 5 heteroatoms. The van der Waals surface area contributed by atoms with E-state index >= 15 is 0 Å². The summed E-state index contributed by atoms with van der Waals surface area (Å²) in [6, 6.07) is 3.83. The van der Waals surface area contributed by atoms with Gasteiger partial charge in [-0.15, -0.1) is 0 Å². The Morgan fingerprint density at radius 1 is 1.24 bits per heavy atom. The van der Waals surface area contributed by atoms with Crippen LogP contribution in [0.15, 0.2) is 17.0 Å². The van der Waals surface area contributed by atoms with E-state index in [1.165, 1.54) is 10.7 Å². The van der Waals surface area contributed by atoms with E-state index in [2.05, 4.69) is 5.32 Å². The molecule has 0 amide bonds. The summed E-state index contributed by atoms with van der Waals surface area (Å²) in [6.07, 6.45) is 3.53. The molecule has 1 aromatic rings. The lowest BCUT2D eigenvalue weighted by Gasteiger charge is -2.30. The zero-order chi connectivity index (χ0) is 15.6. The van der Waals surface area contributed by atoms with Crippen LogP contribution in [0.5, 0.6) is 0 Å². The Labute approximate surface area is 128 Å². The lowest BCUT2D eigenvalue weighted by atomic mass is 9.86. The summed E-state index contributed by atoms with van der Waals surface area (Å²) < 4.78 is 27.2. The van der Waals surface area contributed by atoms with Crippen LogP contribution in [0.2, 0.25) is 0 Å². The molecule has 21 heavy (non-hydrogen) atoms. The number of rotatable bonds is 6. The van der Waals surface area contributed by atoms with Gasteiger partial charge in [-0.3, -0.25) is 0 Å². The van der Waals surface area contributed by atoms with Gasteiger partial charge in [-0.05, 0) is 62.8 Å². The number of anilines is 1. The number of hydrogen-bond acceptors (Lipinski definition) is 3. The number of sulfonamides is 1. The average molecular weight is 310 g/mol. The van der Waals surface area contributed by atoms with Crippen LogP contribution in [0.25, 0.3) is 0 Å². The molecule has 1 aromatic carbocycles. The highest BCUT2D eigenvalue weighted by Crippen LogP contribution is 2.31. The molecular formula is C16H26N2O2S. The summed E-state index contributed by atoms with van der Waals surface area (Å²) in [7, 11) is -1.70. The molecule has 0 atom stereocenters. The van der Waals surface area contributed by atoms with Crippen LogP contribution in [-0.4, -0.2) is 32.9 Å². The van der Waals surface area contributed by atoms with Crippen molar-refractivity contribution in [3.05, 3.63) is 23.3 Å². The van der Waals surface area contributed by atoms with E-state index in [1.54, 1.807) is 7.05 Å². The molecule has 1 aliphatic carbocycles. The van der Waals surface area contributed by atoms with Crippen LogP contribution in [0.4, 0.5) is 5.69 Å². The Morgan fingerprint density at radius 3 is 2.24 bits per heavy atom. The zero-order valence-corrected chi connectivity index (χ0v) is 14.3. The molecule has 4 nitrogen and oxygen atoms in total. The summed E-state index contributed by atoms with van der Waals surface area (Å²) in [5, 5.41) is 3.24.